The van der Waals surface area contributed by atoms with Crippen molar-refractivity contribution in [1.82, 2.24) is 20.3 Å². The van der Waals surface area contributed by atoms with Crippen molar-refractivity contribution in [2.45, 2.75) is 6.04 Å². The van der Waals surface area contributed by atoms with Crippen molar-refractivity contribution in [1.29, 1.82) is 0 Å². The van der Waals surface area contributed by atoms with Gasteiger partial charge >= 0.3 is 0 Å². The highest BCUT2D eigenvalue weighted by Gasteiger charge is 2.18. The summed E-state index contributed by atoms with van der Waals surface area (Å²) in [6.07, 6.45) is 6.54. The zero-order chi connectivity index (χ0) is 19.2. The van der Waals surface area contributed by atoms with E-state index in [4.69, 9.17) is 0 Å². The van der Waals surface area contributed by atoms with Crippen LogP contribution in [0, 0.1) is 0 Å². The Labute approximate surface area is 163 Å². The first kappa shape index (κ1) is 17.5. The first-order chi connectivity index (χ1) is 13.8. The Morgan fingerprint density at radius 3 is 1.96 bits per heavy atom. The van der Waals surface area contributed by atoms with Crippen LogP contribution in [-0.4, -0.2) is 20.9 Å². The van der Waals surface area contributed by atoms with Gasteiger partial charge in [0.05, 0.1) is 11.6 Å². The quantitative estimate of drug-likeness (QED) is 0.578. The van der Waals surface area contributed by atoms with E-state index in [-0.39, 0.29) is 11.9 Å². The Morgan fingerprint density at radius 2 is 1.32 bits per heavy atom. The molecule has 0 aliphatic rings. The molecule has 0 saturated carbocycles. The zero-order valence-electron chi connectivity index (χ0n) is 15.1. The number of rotatable bonds is 5. The van der Waals surface area contributed by atoms with Gasteiger partial charge in [0.2, 0.25) is 0 Å². The fourth-order valence-electron chi connectivity index (χ4n) is 2.96. The summed E-state index contributed by atoms with van der Waals surface area (Å²) in [6, 6.07) is 23.0. The molecule has 4 aromatic rings. The van der Waals surface area contributed by atoms with E-state index in [1.807, 2.05) is 72.8 Å². The Morgan fingerprint density at radius 1 is 0.750 bits per heavy atom. The lowest BCUT2D eigenvalue weighted by Crippen LogP contribution is -2.29. The van der Waals surface area contributed by atoms with Crippen LogP contribution in [0.3, 0.4) is 0 Å². The van der Waals surface area contributed by atoms with Crippen LogP contribution < -0.4 is 5.32 Å². The summed E-state index contributed by atoms with van der Waals surface area (Å²) in [6.45, 7) is 0. The van der Waals surface area contributed by atoms with E-state index in [1.54, 1.807) is 24.8 Å². The number of benzene rings is 2. The lowest BCUT2D eigenvalue weighted by molar-refractivity contribution is 0.0942. The molecule has 28 heavy (non-hydrogen) atoms. The van der Waals surface area contributed by atoms with Crippen molar-refractivity contribution < 1.29 is 4.79 Å². The largest absolute Gasteiger partial charge is 0.341 e. The van der Waals surface area contributed by atoms with Gasteiger partial charge in [-0.2, -0.15) is 0 Å². The van der Waals surface area contributed by atoms with Gasteiger partial charge in [0.1, 0.15) is 0 Å². The third-order valence-electron chi connectivity index (χ3n) is 4.39. The number of aromatic nitrogens is 3. The van der Waals surface area contributed by atoms with Gasteiger partial charge in [0.25, 0.3) is 5.91 Å². The molecule has 0 aliphatic carbocycles. The minimum atomic E-state index is -0.287. The second-order valence-corrected chi connectivity index (χ2v) is 6.26. The molecular weight excluding hydrogens is 348 g/mol. The fourth-order valence-corrected chi connectivity index (χ4v) is 2.96. The molecule has 5 nitrogen and oxygen atoms in total. The number of hydrogen-bond acceptors (Lipinski definition) is 4. The standard InChI is InChI=1S/C23H18N4O/c28-23(20-15-25-22(26-16-20)19-9-5-2-6-10-19)27-21(17-7-3-1-4-8-17)18-11-13-24-14-12-18/h1-16,21H,(H,27,28). The topological polar surface area (TPSA) is 67.8 Å². The predicted octanol–water partition coefficient (Wildman–Crippen LogP) is 4.06. The van der Waals surface area contributed by atoms with Crippen molar-refractivity contribution in [3.05, 3.63) is 114 Å². The molecule has 0 aliphatic heterocycles. The summed E-state index contributed by atoms with van der Waals surface area (Å²) in [4.78, 5) is 25.6. The third-order valence-corrected chi connectivity index (χ3v) is 4.39. The molecule has 0 fully saturated rings. The fraction of sp³-hybridized carbons (Fsp3) is 0.0435. The van der Waals surface area contributed by atoms with E-state index < -0.39 is 0 Å². The number of amides is 1. The van der Waals surface area contributed by atoms with Crippen molar-refractivity contribution in [2.24, 2.45) is 0 Å². The molecule has 1 atom stereocenters. The molecule has 0 saturated heterocycles. The monoisotopic (exact) mass is 366 g/mol. The molecule has 2 aromatic carbocycles. The molecule has 0 spiro atoms. The van der Waals surface area contributed by atoms with Crippen LogP contribution in [0.5, 0.6) is 0 Å². The molecule has 2 aromatic heterocycles. The first-order valence-corrected chi connectivity index (χ1v) is 8.94. The molecule has 4 rings (SSSR count). The Hall–Kier alpha value is -3.86. The van der Waals surface area contributed by atoms with Crippen LogP contribution in [0.4, 0.5) is 0 Å². The van der Waals surface area contributed by atoms with Gasteiger partial charge in [-0.1, -0.05) is 60.7 Å². The van der Waals surface area contributed by atoms with Gasteiger partial charge in [-0.15, -0.1) is 0 Å². The molecule has 2 heterocycles. The van der Waals surface area contributed by atoms with Crippen LogP contribution in [0.25, 0.3) is 11.4 Å². The van der Waals surface area contributed by atoms with Gasteiger partial charge in [-0.05, 0) is 23.3 Å². The molecule has 1 unspecified atom stereocenters. The summed E-state index contributed by atoms with van der Waals surface area (Å²) in [7, 11) is 0. The van der Waals surface area contributed by atoms with E-state index in [9.17, 15) is 4.79 Å². The molecule has 5 heteroatoms. The van der Waals surface area contributed by atoms with Gasteiger partial charge in [0, 0.05) is 30.4 Å². The normalized spacial score (nSPS) is 11.6. The smallest absolute Gasteiger partial charge is 0.255 e. The minimum absolute atomic E-state index is 0.231. The summed E-state index contributed by atoms with van der Waals surface area (Å²) < 4.78 is 0. The SMILES string of the molecule is O=C(NC(c1ccccc1)c1ccncc1)c1cnc(-c2ccccc2)nc1. The lowest BCUT2D eigenvalue weighted by atomic mass is 9.99. The van der Waals surface area contributed by atoms with E-state index in [0.717, 1.165) is 16.7 Å². The molecule has 0 bridgehead atoms. The van der Waals surface area contributed by atoms with E-state index in [2.05, 4.69) is 20.3 Å². The zero-order valence-corrected chi connectivity index (χ0v) is 15.1. The maximum absolute atomic E-state index is 12.8. The van der Waals surface area contributed by atoms with Crippen molar-refractivity contribution in [3.63, 3.8) is 0 Å². The highest BCUT2D eigenvalue weighted by molar-refractivity contribution is 5.94. The number of carbonyl (C=O) groups excluding carboxylic acids is 1. The van der Waals surface area contributed by atoms with Gasteiger partial charge in [-0.25, -0.2) is 9.97 Å². The molecule has 136 valence electrons. The van der Waals surface area contributed by atoms with Crippen LogP contribution >= 0.6 is 0 Å². The first-order valence-electron chi connectivity index (χ1n) is 8.94. The van der Waals surface area contributed by atoms with Crippen molar-refractivity contribution in [2.75, 3.05) is 0 Å². The maximum atomic E-state index is 12.8. The number of nitrogens with one attached hydrogen (secondary N) is 1. The molecule has 0 radical (unpaired) electrons. The van der Waals surface area contributed by atoms with Crippen molar-refractivity contribution >= 4 is 5.91 Å². The molecule has 1 amide bonds. The van der Waals surface area contributed by atoms with Crippen LogP contribution in [-0.2, 0) is 0 Å². The number of nitrogens with zero attached hydrogens (tertiary/aromatic N) is 3. The second kappa shape index (κ2) is 8.22. The van der Waals surface area contributed by atoms with Crippen LogP contribution in [0.2, 0.25) is 0 Å². The highest BCUT2D eigenvalue weighted by atomic mass is 16.1. The van der Waals surface area contributed by atoms with Crippen LogP contribution in [0.15, 0.2) is 97.6 Å². The van der Waals surface area contributed by atoms with E-state index in [0.29, 0.717) is 11.4 Å². The Balaban J connectivity index is 1.58. The van der Waals surface area contributed by atoms with Gasteiger partial charge < -0.3 is 5.32 Å². The number of hydrogen-bond donors (Lipinski definition) is 1. The number of pyridine rings is 1. The van der Waals surface area contributed by atoms with Gasteiger partial charge in [-0.3, -0.25) is 9.78 Å². The summed E-state index contributed by atoms with van der Waals surface area (Å²) in [5, 5.41) is 3.08. The number of carbonyl (C=O) groups is 1. The van der Waals surface area contributed by atoms with Gasteiger partial charge in [0.15, 0.2) is 5.82 Å². The third kappa shape index (κ3) is 3.94. The summed E-state index contributed by atoms with van der Waals surface area (Å²) >= 11 is 0. The highest BCUT2D eigenvalue weighted by Crippen LogP contribution is 2.22. The Kier molecular flexibility index (Phi) is 5.15. The van der Waals surface area contributed by atoms with Crippen LogP contribution in [0.1, 0.15) is 27.5 Å². The lowest BCUT2D eigenvalue weighted by Gasteiger charge is -2.19. The van der Waals surface area contributed by atoms with Crippen molar-refractivity contribution in [3.8, 4) is 11.4 Å². The molecular formula is C23H18N4O. The molecule has 1 N–H and O–H groups in total. The summed E-state index contributed by atoms with van der Waals surface area (Å²) in [5.74, 6) is 0.358. The van der Waals surface area contributed by atoms with E-state index in [1.165, 1.54) is 0 Å². The average molecular weight is 366 g/mol. The predicted molar refractivity (Wildman–Crippen MR) is 107 cm³/mol. The minimum Gasteiger partial charge on any atom is -0.341 e. The maximum Gasteiger partial charge on any atom is 0.255 e. The van der Waals surface area contributed by atoms with E-state index >= 15 is 0 Å². The second-order valence-electron chi connectivity index (χ2n) is 6.26. The summed E-state index contributed by atoms with van der Waals surface area (Å²) in [5.41, 5.74) is 3.27. The Bertz CT molecular complexity index is 997. The average Bonchev–Trinajstić information content (AvgIpc) is 2.79.